The van der Waals surface area contributed by atoms with E-state index in [1.807, 2.05) is 0 Å². The first kappa shape index (κ1) is 14.9. The summed E-state index contributed by atoms with van der Waals surface area (Å²) >= 11 is 0. The van der Waals surface area contributed by atoms with Crippen LogP contribution in [0.3, 0.4) is 0 Å². The first-order chi connectivity index (χ1) is 8.26. The van der Waals surface area contributed by atoms with E-state index in [-0.39, 0.29) is 12.6 Å². The van der Waals surface area contributed by atoms with Crippen LogP contribution in [-0.4, -0.2) is 62.6 Å². The standard InChI is InChI=1S/C13H28N2O2/c1-3-6-14-13(11-16)10-15(2)9-12-4-7-17-8-5-12/h12-14,16H,3-11H2,1-2H3. The molecule has 0 aliphatic carbocycles. The van der Waals surface area contributed by atoms with E-state index in [2.05, 4.69) is 24.2 Å². The number of aliphatic hydroxyl groups excluding tert-OH is 1. The first-order valence-electron chi connectivity index (χ1n) is 6.86. The van der Waals surface area contributed by atoms with Gasteiger partial charge in [0.1, 0.15) is 0 Å². The Bertz CT molecular complexity index is 184. The molecule has 2 N–H and O–H groups in total. The Kier molecular flexibility index (Phi) is 7.77. The molecule has 0 radical (unpaired) electrons. The Morgan fingerprint density at radius 3 is 2.71 bits per heavy atom. The zero-order valence-corrected chi connectivity index (χ0v) is 11.3. The van der Waals surface area contributed by atoms with Crippen LogP contribution < -0.4 is 5.32 Å². The molecule has 1 atom stereocenters. The SMILES string of the molecule is CCCNC(CO)CN(C)CC1CCOCC1. The van der Waals surface area contributed by atoms with E-state index in [1.54, 1.807) is 0 Å². The van der Waals surface area contributed by atoms with Gasteiger partial charge in [-0.3, -0.25) is 0 Å². The number of hydrogen-bond donors (Lipinski definition) is 2. The van der Waals surface area contributed by atoms with E-state index in [0.717, 1.165) is 45.2 Å². The summed E-state index contributed by atoms with van der Waals surface area (Å²) in [5.74, 6) is 0.763. The van der Waals surface area contributed by atoms with Crippen molar-refractivity contribution in [3.63, 3.8) is 0 Å². The van der Waals surface area contributed by atoms with Gasteiger partial charge < -0.3 is 20.1 Å². The molecular formula is C13H28N2O2. The zero-order valence-electron chi connectivity index (χ0n) is 11.3. The average Bonchev–Trinajstić information content (AvgIpc) is 2.35. The largest absolute Gasteiger partial charge is 0.395 e. The molecule has 1 fully saturated rings. The third kappa shape index (κ3) is 6.36. The molecule has 0 aromatic heterocycles. The Morgan fingerprint density at radius 2 is 2.12 bits per heavy atom. The van der Waals surface area contributed by atoms with Gasteiger partial charge in [-0.2, -0.15) is 0 Å². The van der Waals surface area contributed by atoms with Crippen molar-refractivity contribution in [2.75, 3.05) is 46.5 Å². The Labute approximate surface area is 105 Å². The Hall–Kier alpha value is -0.160. The fourth-order valence-corrected chi connectivity index (χ4v) is 2.36. The summed E-state index contributed by atoms with van der Waals surface area (Å²) in [6.45, 7) is 7.22. The number of rotatable bonds is 8. The van der Waals surface area contributed by atoms with Crippen LogP contribution in [-0.2, 0) is 4.74 Å². The molecular weight excluding hydrogens is 216 g/mol. The summed E-state index contributed by atoms with van der Waals surface area (Å²) in [5.41, 5.74) is 0. The van der Waals surface area contributed by atoms with Crippen LogP contribution in [0.5, 0.6) is 0 Å². The molecule has 0 aromatic carbocycles. The minimum absolute atomic E-state index is 0.208. The van der Waals surface area contributed by atoms with Crippen LogP contribution in [0, 0.1) is 5.92 Å². The van der Waals surface area contributed by atoms with Gasteiger partial charge in [0.2, 0.25) is 0 Å². The van der Waals surface area contributed by atoms with Gasteiger partial charge in [0.05, 0.1) is 6.61 Å². The van der Waals surface area contributed by atoms with Crippen molar-refractivity contribution >= 4 is 0 Å². The summed E-state index contributed by atoms with van der Waals surface area (Å²) in [4.78, 5) is 2.33. The van der Waals surface area contributed by atoms with Crippen LogP contribution in [0.25, 0.3) is 0 Å². The monoisotopic (exact) mass is 244 g/mol. The summed E-state index contributed by atoms with van der Waals surface area (Å²) < 4.78 is 5.37. The molecule has 1 aliphatic heterocycles. The van der Waals surface area contributed by atoms with Crippen LogP contribution in [0.4, 0.5) is 0 Å². The van der Waals surface area contributed by atoms with Gasteiger partial charge in [-0.15, -0.1) is 0 Å². The van der Waals surface area contributed by atoms with Crippen molar-refractivity contribution in [2.45, 2.75) is 32.2 Å². The van der Waals surface area contributed by atoms with Crippen molar-refractivity contribution in [3.8, 4) is 0 Å². The number of likely N-dealkylation sites (N-methyl/N-ethyl adjacent to an activating group) is 1. The summed E-state index contributed by atoms with van der Waals surface area (Å²) in [5, 5.41) is 12.7. The highest BCUT2D eigenvalue weighted by atomic mass is 16.5. The van der Waals surface area contributed by atoms with Gasteiger partial charge in [-0.05, 0) is 38.8 Å². The molecule has 1 aliphatic rings. The average molecular weight is 244 g/mol. The first-order valence-corrected chi connectivity index (χ1v) is 6.86. The molecule has 0 bridgehead atoms. The quantitative estimate of drug-likeness (QED) is 0.660. The molecule has 4 nitrogen and oxygen atoms in total. The zero-order chi connectivity index (χ0) is 12.5. The van der Waals surface area contributed by atoms with Crippen molar-refractivity contribution in [3.05, 3.63) is 0 Å². The fraction of sp³-hybridized carbons (Fsp3) is 1.00. The lowest BCUT2D eigenvalue weighted by atomic mass is 10.00. The normalized spacial score (nSPS) is 19.8. The fourth-order valence-electron chi connectivity index (χ4n) is 2.36. The van der Waals surface area contributed by atoms with Gasteiger partial charge in [-0.1, -0.05) is 6.92 Å². The lowest BCUT2D eigenvalue weighted by Crippen LogP contribution is -2.44. The van der Waals surface area contributed by atoms with Crippen LogP contribution in [0.15, 0.2) is 0 Å². The summed E-state index contributed by atoms with van der Waals surface area (Å²) in [7, 11) is 2.14. The van der Waals surface area contributed by atoms with Gasteiger partial charge in [-0.25, -0.2) is 0 Å². The molecule has 0 amide bonds. The number of hydrogen-bond acceptors (Lipinski definition) is 4. The molecule has 1 heterocycles. The number of nitrogens with zero attached hydrogens (tertiary/aromatic N) is 1. The highest BCUT2D eigenvalue weighted by Crippen LogP contribution is 2.15. The maximum atomic E-state index is 9.30. The van der Waals surface area contributed by atoms with Crippen molar-refractivity contribution in [1.82, 2.24) is 10.2 Å². The topological polar surface area (TPSA) is 44.7 Å². The predicted molar refractivity (Wildman–Crippen MR) is 70.2 cm³/mol. The molecule has 102 valence electrons. The number of nitrogens with one attached hydrogen (secondary N) is 1. The lowest BCUT2D eigenvalue weighted by molar-refractivity contribution is 0.0536. The van der Waals surface area contributed by atoms with Gasteiger partial charge in [0.25, 0.3) is 0 Å². The Morgan fingerprint density at radius 1 is 1.41 bits per heavy atom. The predicted octanol–water partition coefficient (Wildman–Crippen LogP) is 0.705. The van der Waals surface area contributed by atoms with E-state index >= 15 is 0 Å². The summed E-state index contributed by atoms with van der Waals surface area (Å²) in [6.07, 6.45) is 3.47. The third-order valence-electron chi connectivity index (χ3n) is 3.35. The maximum absolute atomic E-state index is 9.30. The van der Waals surface area contributed by atoms with E-state index in [1.165, 1.54) is 12.8 Å². The highest BCUT2D eigenvalue weighted by molar-refractivity contribution is 4.73. The van der Waals surface area contributed by atoms with Crippen molar-refractivity contribution < 1.29 is 9.84 Å². The number of aliphatic hydroxyl groups is 1. The minimum Gasteiger partial charge on any atom is -0.395 e. The van der Waals surface area contributed by atoms with Crippen LogP contribution in [0.1, 0.15) is 26.2 Å². The molecule has 0 spiro atoms. The molecule has 1 saturated heterocycles. The van der Waals surface area contributed by atoms with Gasteiger partial charge >= 0.3 is 0 Å². The minimum atomic E-state index is 0.208. The molecule has 0 aromatic rings. The van der Waals surface area contributed by atoms with E-state index < -0.39 is 0 Å². The highest BCUT2D eigenvalue weighted by Gasteiger charge is 2.17. The van der Waals surface area contributed by atoms with Crippen molar-refractivity contribution in [2.24, 2.45) is 5.92 Å². The second-order valence-electron chi connectivity index (χ2n) is 5.11. The van der Waals surface area contributed by atoms with E-state index in [4.69, 9.17) is 4.74 Å². The second-order valence-corrected chi connectivity index (χ2v) is 5.11. The molecule has 0 saturated carbocycles. The van der Waals surface area contributed by atoms with Crippen LogP contribution in [0.2, 0.25) is 0 Å². The van der Waals surface area contributed by atoms with E-state index in [0.29, 0.717) is 0 Å². The Balaban J connectivity index is 2.18. The molecule has 1 rings (SSSR count). The summed E-state index contributed by atoms with van der Waals surface area (Å²) in [6, 6.07) is 0.208. The third-order valence-corrected chi connectivity index (χ3v) is 3.35. The molecule has 1 unspecified atom stereocenters. The van der Waals surface area contributed by atoms with Gasteiger partial charge in [0.15, 0.2) is 0 Å². The van der Waals surface area contributed by atoms with E-state index in [9.17, 15) is 5.11 Å². The lowest BCUT2D eigenvalue weighted by Gasteiger charge is -2.29. The smallest absolute Gasteiger partial charge is 0.0597 e. The molecule has 17 heavy (non-hydrogen) atoms. The second kappa shape index (κ2) is 8.86. The number of ether oxygens (including phenoxy) is 1. The van der Waals surface area contributed by atoms with Gasteiger partial charge in [0, 0.05) is 32.3 Å². The molecule has 4 heteroatoms. The van der Waals surface area contributed by atoms with Crippen LogP contribution >= 0.6 is 0 Å². The van der Waals surface area contributed by atoms with Crippen molar-refractivity contribution in [1.29, 1.82) is 0 Å². The maximum Gasteiger partial charge on any atom is 0.0597 e.